The number of carbonyl (C=O) groups is 2. The summed E-state index contributed by atoms with van der Waals surface area (Å²) in [5.74, 6) is 1.05. The van der Waals surface area contributed by atoms with E-state index in [1.807, 2.05) is 6.92 Å². The smallest absolute Gasteiger partial charge is 0.233 e. The van der Waals surface area contributed by atoms with E-state index in [-0.39, 0.29) is 23.8 Å². The second-order valence-corrected chi connectivity index (χ2v) is 9.56. The van der Waals surface area contributed by atoms with Gasteiger partial charge >= 0.3 is 0 Å². The number of nitrogens with zero attached hydrogens (tertiary/aromatic N) is 1. The lowest BCUT2D eigenvalue weighted by molar-refractivity contribution is -0.142. The van der Waals surface area contributed by atoms with E-state index in [4.69, 9.17) is 0 Å². The molecule has 0 N–H and O–H groups in total. The van der Waals surface area contributed by atoms with Crippen LogP contribution in [0.25, 0.3) is 0 Å². The van der Waals surface area contributed by atoms with Crippen molar-refractivity contribution in [2.45, 2.75) is 131 Å². The first-order chi connectivity index (χ1) is 13.4. The van der Waals surface area contributed by atoms with E-state index in [1.54, 1.807) is 4.90 Å². The molecule has 1 heterocycles. The van der Waals surface area contributed by atoms with Gasteiger partial charge in [0.15, 0.2) is 0 Å². The van der Waals surface area contributed by atoms with Crippen molar-refractivity contribution in [2.75, 3.05) is 0 Å². The minimum Gasteiger partial charge on any atom is -0.280 e. The number of unbranched alkanes of at least 4 members (excludes halogenated alkanes) is 8. The van der Waals surface area contributed by atoms with E-state index in [0.717, 1.165) is 19.3 Å². The number of hydrogen-bond acceptors (Lipinski definition) is 2. The normalized spacial score (nSPS) is 18.7. The van der Waals surface area contributed by atoms with Gasteiger partial charge in [-0.3, -0.25) is 14.5 Å². The molecule has 0 spiro atoms. The zero-order chi connectivity index (χ0) is 20.9. The highest BCUT2D eigenvalue weighted by Gasteiger charge is 2.44. The average Bonchev–Trinajstić information content (AvgIpc) is 2.93. The van der Waals surface area contributed by atoms with Crippen molar-refractivity contribution in [1.82, 2.24) is 4.90 Å². The van der Waals surface area contributed by atoms with Crippen molar-refractivity contribution in [3.05, 3.63) is 0 Å². The third kappa shape index (κ3) is 8.66. The minimum atomic E-state index is -0.0561. The Kier molecular flexibility index (Phi) is 12.7. The zero-order valence-electron chi connectivity index (χ0n) is 19.5. The topological polar surface area (TPSA) is 37.4 Å². The summed E-state index contributed by atoms with van der Waals surface area (Å²) in [6.07, 6.45) is 16.3. The second-order valence-electron chi connectivity index (χ2n) is 9.56. The molecule has 1 fully saturated rings. The van der Waals surface area contributed by atoms with Crippen LogP contribution >= 0.6 is 0 Å². The van der Waals surface area contributed by atoms with Gasteiger partial charge in [0.2, 0.25) is 11.8 Å². The molecule has 1 rings (SSSR count). The Morgan fingerprint density at radius 2 is 1.32 bits per heavy atom. The molecular weight excluding hydrogens is 346 g/mol. The Morgan fingerprint density at radius 3 is 1.79 bits per heavy atom. The molecule has 2 amide bonds. The van der Waals surface area contributed by atoms with Crippen molar-refractivity contribution in [3.63, 3.8) is 0 Å². The molecule has 1 saturated heterocycles. The van der Waals surface area contributed by atoms with Gasteiger partial charge in [-0.05, 0) is 38.0 Å². The van der Waals surface area contributed by atoms with Crippen molar-refractivity contribution >= 4 is 11.8 Å². The van der Waals surface area contributed by atoms with E-state index >= 15 is 0 Å². The van der Waals surface area contributed by atoms with Gasteiger partial charge in [-0.1, -0.05) is 91.9 Å². The lowest BCUT2D eigenvalue weighted by Gasteiger charge is -2.26. The fraction of sp³-hybridized carbons (Fsp3) is 0.920. The van der Waals surface area contributed by atoms with Crippen LogP contribution < -0.4 is 0 Å². The van der Waals surface area contributed by atoms with Crippen LogP contribution in [0.5, 0.6) is 0 Å². The molecule has 3 heteroatoms. The molecule has 3 nitrogen and oxygen atoms in total. The van der Waals surface area contributed by atoms with Gasteiger partial charge in [-0.15, -0.1) is 0 Å². The van der Waals surface area contributed by atoms with Crippen molar-refractivity contribution in [2.24, 2.45) is 17.8 Å². The highest BCUT2D eigenvalue weighted by molar-refractivity contribution is 6.04. The predicted molar refractivity (Wildman–Crippen MR) is 119 cm³/mol. The molecular formula is C25H47NO2. The van der Waals surface area contributed by atoms with Crippen LogP contribution in [0.2, 0.25) is 0 Å². The molecule has 164 valence electrons. The van der Waals surface area contributed by atoms with Crippen molar-refractivity contribution < 1.29 is 9.59 Å². The Bertz CT molecular complexity index is 432. The standard InChI is InChI=1S/C25H47NO2/c1-6-8-10-12-14-16-22(17-15-13-11-9-7-2)23-19-24(27)26(25(23)28)21(5)18-20(3)4/h20-23H,6-19H2,1-5H3. The Hall–Kier alpha value is -0.860. The Labute approximate surface area is 175 Å². The average molecular weight is 394 g/mol. The number of rotatable bonds is 16. The number of hydrogen-bond donors (Lipinski definition) is 0. The Balaban J connectivity index is 2.66. The Morgan fingerprint density at radius 1 is 0.821 bits per heavy atom. The van der Waals surface area contributed by atoms with E-state index in [1.165, 1.54) is 64.2 Å². The summed E-state index contributed by atoms with van der Waals surface area (Å²) < 4.78 is 0. The fourth-order valence-corrected chi connectivity index (χ4v) is 4.86. The summed E-state index contributed by atoms with van der Waals surface area (Å²) in [7, 11) is 0. The van der Waals surface area contributed by atoms with Crippen LogP contribution in [0.15, 0.2) is 0 Å². The summed E-state index contributed by atoms with van der Waals surface area (Å²) in [6, 6.07) is 0.0414. The highest BCUT2D eigenvalue weighted by Crippen LogP contribution is 2.35. The molecule has 2 unspecified atom stereocenters. The SMILES string of the molecule is CCCCCCCC(CCCCCCC)C1CC(=O)N(C(C)CC(C)C)C1=O. The minimum absolute atomic E-state index is 0.0414. The second kappa shape index (κ2) is 14.2. The van der Waals surface area contributed by atoms with Gasteiger partial charge in [0, 0.05) is 12.5 Å². The van der Waals surface area contributed by atoms with Crippen molar-refractivity contribution in [1.29, 1.82) is 0 Å². The van der Waals surface area contributed by atoms with Gasteiger partial charge in [0.05, 0.1) is 5.92 Å². The molecule has 0 aromatic heterocycles. The van der Waals surface area contributed by atoms with Crippen LogP contribution in [0.3, 0.4) is 0 Å². The van der Waals surface area contributed by atoms with E-state index in [0.29, 0.717) is 18.3 Å². The van der Waals surface area contributed by atoms with Gasteiger partial charge in [0.1, 0.15) is 0 Å². The lowest BCUT2D eigenvalue weighted by atomic mass is 9.82. The molecule has 0 saturated carbocycles. The van der Waals surface area contributed by atoms with Crippen LogP contribution in [0, 0.1) is 17.8 Å². The fourth-order valence-electron chi connectivity index (χ4n) is 4.86. The summed E-state index contributed by atoms with van der Waals surface area (Å²) in [4.78, 5) is 27.4. The van der Waals surface area contributed by atoms with Gasteiger partial charge < -0.3 is 0 Å². The van der Waals surface area contributed by atoms with Crippen LogP contribution in [0.4, 0.5) is 0 Å². The van der Waals surface area contributed by atoms with E-state index in [2.05, 4.69) is 27.7 Å². The van der Waals surface area contributed by atoms with Crippen LogP contribution in [-0.4, -0.2) is 22.8 Å². The maximum atomic E-state index is 13.2. The van der Waals surface area contributed by atoms with Gasteiger partial charge in [-0.25, -0.2) is 0 Å². The first-order valence-corrected chi connectivity index (χ1v) is 12.3. The summed E-state index contributed by atoms with van der Waals surface area (Å²) in [5, 5.41) is 0. The van der Waals surface area contributed by atoms with Gasteiger partial charge in [-0.2, -0.15) is 0 Å². The summed E-state index contributed by atoms with van der Waals surface area (Å²) in [6.45, 7) is 10.9. The number of carbonyl (C=O) groups excluding carboxylic acids is 2. The van der Waals surface area contributed by atoms with Crippen LogP contribution in [0.1, 0.15) is 125 Å². The molecule has 0 aromatic rings. The molecule has 1 aliphatic heterocycles. The van der Waals surface area contributed by atoms with E-state index in [9.17, 15) is 9.59 Å². The van der Waals surface area contributed by atoms with Gasteiger partial charge in [0.25, 0.3) is 0 Å². The molecule has 1 aliphatic rings. The third-order valence-corrected chi connectivity index (χ3v) is 6.40. The number of imide groups is 1. The lowest BCUT2D eigenvalue weighted by Crippen LogP contribution is -2.40. The summed E-state index contributed by atoms with van der Waals surface area (Å²) in [5.41, 5.74) is 0. The molecule has 0 bridgehead atoms. The van der Waals surface area contributed by atoms with Crippen LogP contribution in [-0.2, 0) is 9.59 Å². The zero-order valence-corrected chi connectivity index (χ0v) is 19.5. The monoisotopic (exact) mass is 393 g/mol. The largest absolute Gasteiger partial charge is 0.280 e. The molecule has 2 atom stereocenters. The predicted octanol–water partition coefficient (Wildman–Crippen LogP) is 7.13. The first-order valence-electron chi connectivity index (χ1n) is 12.3. The third-order valence-electron chi connectivity index (χ3n) is 6.40. The van der Waals surface area contributed by atoms with E-state index < -0.39 is 0 Å². The van der Waals surface area contributed by atoms with Crippen molar-refractivity contribution in [3.8, 4) is 0 Å². The molecule has 28 heavy (non-hydrogen) atoms. The molecule has 0 radical (unpaired) electrons. The highest BCUT2D eigenvalue weighted by atomic mass is 16.2. The summed E-state index contributed by atoms with van der Waals surface area (Å²) >= 11 is 0. The number of amides is 2. The maximum Gasteiger partial charge on any atom is 0.233 e. The molecule has 0 aliphatic carbocycles. The quantitative estimate of drug-likeness (QED) is 0.206. The molecule has 0 aromatic carbocycles. The first kappa shape index (κ1) is 25.2. The number of likely N-dealkylation sites (tertiary alicyclic amines) is 1. The maximum absolute atomic E-state index is 13.2.